The fourth-order valence-electron chi connectivity index (χ4n) is 4.03. The summed E-state index contributed by atoms with van der Waals surface area (Å²) in [5.41, 5.74) is 3.23. The molecule has 33 heavy (non-hydrogen) atoms. The molecular formula is C24H27N3O5S. The lowest BCUT2D eigenvalue weighted by Crippen LogP contribution is -2.32. The number of aliphatic carboxylic acids is 1. The first kappa shape index (κ1) is 23.0. The van der Waals surface area contributed by atoms with E-state index in [0.717, 1.165) is 23.2 Å². The Hall–Kier alpha value is -3.17. The number of aromatic nitrogens is 2. The number of hydrogen-bond acceptors (Lipinski definition) is 5. The molecule has 1 atom stereocenters. The number of carboxylic acid groups (broad SMARTS) is 1. The molecule has 0 saturated heterocycles. The number of para-hydroxylation sites is 1. The maximum atomic E-state index is 13.3. The highest BCUT2D eigenvalue weighted by molar-refractivity contribution is 7.89. The lowest BCUT2D eigenvalue weighted by molar-refractivity contribution is -0.137. The molecule has 9 heteroatoms. The smallest absolute Gasteiger partial charge is 0.304 e. The van der Waals surface area contributed by atoms with Gasteiger partial charge in [0.05, 0.1) is 18.4 Å². The molecule has 1 unspecified atom stereocenters. The van der Waals surface area contributed by atoms with E-state index in [9.17, 15) is 18.3 Å². The zero-order valence-corrected chi connectivity index (χ0v) is 19.5. The molecule has 1 aliphatic heterocycles. The van der Waals surface area contributed by atoms with Crippen molar-refractivity contribution < 1.29 is 23.1 Å². The number of ether oxygens (including phenoxy) is 1. The second-order valence-electron chi connectivity index (χ2n) is 8.10. The molecule has 2 heterocycles. The summed E-state index contributed by atoms with van der Waals surface area (Å²) < 4.78 is 35.6. The average molecular weight is 470 g/mol. The highest BCUT2D eigenvalue weighted by Crippen LogP contribution is 2.32. The van der Waals surface area contributed by atoms with E-state index < -0.39 is 21.9 Å². The number of hydrogen-bond donors (Lipinski definition) is 1. The van der Waals surface area contributed by atoms with Crippen LogP contribution in [0.2, 0.25) is 0 Å². The molecule has 1 aromatic heterocycles. The summed E-state index contributed by atoms with van der Waals surface area (Å²) in [6.07, 6.45) is 3.45. The minimum atomic E-state index is -3.74. The van der Waals surface area contributed by atoms with Crippen molar-refractivity contribution in [1.82, 2.24) is 13.9 Å². The molecule has 174 valence electrons. The van der Waals surface area contributed by atoms with E-state index in [1.54, 1.807) is 30.6 Å². The third kappa shape index (κ3) is 4.79. The third-order valence-corrected chi connectivity index (χ3v) is 7.83. The van der Waals surface area contributed by atoms with Crippen molar-refractivity contribution in [1.29, 1.82) is 0 Å². The highest BCUT2D eigenvalue weighted by atomic mass is 32.2. The summed E-state index contributed by atoms with van der Waals surface area (Å²) in [5.74, 6) is -0.991. The van der Waals surface area contributed by atoms with Crippen LogP contribution in [-0.4, -0.2) is 46.5 Å². The normalized spacial score (nSPS) is 16.4. The van der Waals surface area contributed by atoms with E-state index in [1.165, 1.54) is 4.31 Å². The van der Waals surface area contributed by atoms with Gasteiger partial charge in [0.25, 0.3) is 0 Å². The maximum absolute atomic E-state index is 13.3. The largest absolute Gasteiger partial charge is 0.491 e. The Morgan fingerprint density at radius 2 is 2.03 bits per heavy atom. The second-order valence-corrected chi connectivity index (χ2v) is 10.0. The molecule has 1 aliphatic rings. The molecule has 3 aromatic rings. The van der Waals surface area contributed by atoms with Crippen LogP contribution in [0.3, 0.4) is 0 Å². The van der Waals surface area contributed by atoms with Crippen LogP contribution in [0.25, 0.3) is 0 Å². The van der Waals surface area contributed by atoms with E-state index >= 15 is 0 Å². The molecule has 1 N–H and O–H groups in total. The molecular weight excluding hydrogens is 442 g/mol. The number of carbonyl (C=O) groups is 1. The van der Waals surface area contributed by atoms with Gasteiger partial charge in [0.2, 0.25) is 10.0 Å². The monoisotopic (exact) mass is 469 g/mol. The number of aryl methyl sites for hydroxylation is 2. The second kappa shape index (κ2) is 9.36. The Balaban J connectivity index is 1.69. The summed E-state index contributed by atoms with van der Waals surface area (Å²) in [6, 6.07) is 12.4. The number of fused-ring (bicyclic) bond motifs is 1. The van der Waals surface area contributed by atoms with Crippen LogP contribution >= 0.6 is 0 Å². The van der Waals surface area contributed by atoms with Crippen molar-refractivity contribution in [2.75, 3.05) is 13.2 Å². The highest BCUT2D eigenvalue weighted by Gasteiger charge is 2.31. The van der Waals surface area contributed by atoms with Crippen molar-refractivity contribution in [2.45, 2.75) is 44.2 Å². The van der Waals surface area contributed by atoms with Gasteiger partial charge >= 0.3 is 5.97 Å². The van der Waals surface area contributed by atoms with Crippen LogP contribution in [0.5, 0.6) is 5.75 Å². The molecule has 0 spiro atoms. The van der Waals surface area contributed by atoms with Crippen molar-refractivity contribution in [3.8, 4) is 5.75 Å². The minimum Gasteiger partial charge on any atom is -0.491 e. The van der Waals surface area contributed by atoms with Gasteiger partial charge in [0.1, 0.15) is 17.3 Å². The lowest BCUT2D eigenvalue weighted by Gasteiger charge is -2.22. The van der Waals surface area contributed by atoms with E-state index in [0.29, 0.717) is 11.4 Å². The Morgan fingerprint density at radius 3 is 2.76 bits per heavy atom. The number of nitrogens with zero attached hydrogens (tertiary/aromatic N) is 3. The maximum Gasteiger partial charge on any atom is 0.304 e. The van der Waals surface area contributed by atoms with Gasteiger partial charge in [-0.2, -0.15) is 4.31 Å². The number of benzene rings is 2. The van der Waals surface area contributed by atoms with Gasteiger partial charge in [-0.1, -0.05) is 30.3 Å². The third-order valence-electron chi connectivity index (χ3n) is 5.94. The van der Waals surface area contributed by atoms with E-state index in [2.05, 4.69) is 4.98 Å². The number of carboxylic acids is 1. The zero-order chi connectivity index (χ0) is 23.6. The first-order chi connectivity index (χ1) is 15.8. The van der Waals surface area contributed by atoms with E-state index in [1.807, 2.05) is 42.8 Å². The first-order valence-electron chi connectivity index (χ1n) is 10.8. The molecule has 8 nitrogen and oxygen atoms in total. The van der Waals surface area contributed by atoms with Crippen LogP contribution in [-0.2, 0) is 27.9 Å². The van der Waals surface area contributed by atoms with Crippen LogP contribution in [0.4, 0.5) is 0 Å². The zero-order valence-electron chi connectivity index (χ0n) is 18.6. The predicted molar refractivity (Wildman–Crippen MR) is 123 cm³/mol. The van der Waals surface area contributed by atoms with Gasteiger partial charge in [-0.3, -0.25) is 4.79 Å². The quantitative estimate of drug-likeness (QED) is 0.569. The minimum absolute atomic E-state index is 0.105. The van der Waals surface area contributed by atoms with Crippen molar-refractivity contribution >= 4 is 16.0 Å². The van der Waals surface area contributed by atoms with Crippen LogP contribution in [0, 0.1) is 6.92 Å². The molecule has 0 bridgehead atoms. The predicted octanol–water partition coefficient (Wildman–Crippen LogP) is 3.40. The summed E-state index contributed by atoms with van der Waals surface area (Å²) >= 11 is 0. The molecule has 4 rings (SSSR count). The topological polar surface area (TPSA) is 102 Å². The van der Waals surface area contributed by atoms with Gasteiger partial charge in [-0.15, -0.1) is 0 Å². The standard InChI is InChI=1S/C24H27N3O5S/c1-3-26-15-21(25-16-26)20(13-24(28)29)18-9-8-17(2)19(12-18)14-27-10-11-32-22-6-4-5-7-23(22)33(27,30)31/h4-9,12,15-16,20H,3,10-11,13-14H2,1-2H3,(H,28,29). The summed E-state index contributed by atoms with van der Waals surface area (Å²) in [6.45, 7) is 5.30. The van der Waals surface area contributed by atoms with Gasteiger partial charge in [0, 0.05) is 31.7 Å². The average Bonchev–Trinajstić information content (AvgIpc) is 3.23. The van der Waals surface area contributed by atoms with Crippen LogP contribution in [0.15, 0.2) is 59.9 Å². The first-order valence-corrected chi connectivity index (χ1v) is 12.3. The summed E-state index contributed by atoms with van der Waals surface area (Å²) in [7, 11) is -3.74. The molecule has 0 amide bonds. The van der Waals surface area contributed by atoms with Crippen LogP contribution in [0.1, 0.15) is 41.6 Å². The Bertz CT molecular complexity index is 1270. The SMILES string of the molecule is CCn1cnc(C(CC(=O)O)c2ccc(C)c(CN3CCOc4ccccc4S3(=O)=O)c2)c1. The summed E-state index contributed by atoms with van der Waals surface area (Å²) in [4.78, 5) is 16.2. The van der Waals surface area contributed by atoms with Gasteiger partial charge in [0.15, 0.2) is 0 Å². The molecule has 0 radical (unpaired) electrons. The number of imidazole rings is 1. The number of rotatable bonds is 7. The number of sulfonamides is 1. The van der Waals surface area contributed by atoms with Crippen molar-refractivity contribution in [2.24, 2.45) is 0 Å². The fourth-order valence-corrected chi connectivity index (χ4v) is 5.56. The molecule has 2 aromatic carbocycles. The summed E-state index contributed by atoms with van der Waals surface area (Å²) in [5, 5.41) is 9.51. The Kier molecular flexibility index (Phi) is 6.53. The van der Waals surface area contributed by atoms with Gasteiger partial charge in [-0.25, -0.2) is 13.4 Å². The van der Waals surface area contributed by atoms with Gasteiger partial charge in [-0.05, 0) is 42.7 Å². The molecule has 0 aliphatic carbocycles. The Labute approximate surface area is 193 Å². The lowest BCUT2D eigenvalue weighted by atomic mass is 9.90. The van der Waals surface area contributed by atoms with E-state index in [4.69, 9.17) is 4.74 Å². The van der Waals surface area contributed by atoms with E-state index in [-0.39, 0.29) is 31.0 Å². The van der Waals surface area contributed by atoms with Crippen molar-refractivity contribution in [3.05, 3.63) is 77.4 Å². The fraction of sp³-hybridized carbons (Fsp3) is 0.333. The Morgan fingerprint density at radius 1 is 1.24 bits per heavy atom. The van der Waals surface area contributed by atoms with Gasteiger partial charge < -0.3 is 14.4 Å². The van der Waals surface area contributed by atoms with Crippen LogP contribution < -0.4 is 4.74 Å². The molecule has 0 fully saturated rings. The van der Waals surface area contributed by atoms with Crippen molar-refractivity contribution in [3.63, 3.8) is 0 Å². The molecule has 0 saturated carbocycles.